The molecule has 0 saturated carbocycles. The monoisotopic (exact) mass is 504 g/mol. The Bertz CT molecular complexity index is 654. The Morgan fingerprint density at radius 3 is 1.36 bits per heavy atom. The van der Waals surface area contributed by atoms with E-state index in [1.807, 2.05) is 0 Å². The van der Waals surface area contributed by atoms with Crippen molar-refractivity contribution in [3.63, 3.8) is 0 Å². The van der Waals surface area contributed by atoms with Gasteiger partial charge in [-0.1, -0.05) is 114 Å². The van der Waals surface area contributed by atoms with Crippen LogP contribution >= 0.6 is 0 Å². The molecule has 6 nitrogen and oxygen atoms in total. The summed E-state index contributed by atoms with van der Waals surface area (Å²) in [6.45, 7) is 4.23. The van der Waals surface area contributed by atoms with Gasteiger partial charge in [0.15, 0.2) is 0 Å². The van der Waals surface area contributed by atoms with E-state index in [4.69, 9.17) is 0 Å². The molecule has 0 heterocycles. The van der Waals surface area contributed by atoms with E-state index in [0.717, 1.165) is 51.4 Å². The maximum Gasteiger partial charge on any atom is 2.00 e. The molecule has 0 aromatic rings. The van der Waals surface area contributed by atoms with Crippen molar-refractivity contribution in [3.05, 3.63) is 48.6 Å². The van der Waals surface area contributed by atoms with Crippen LogP contribution in [0.1, 0.15) is 78.1 Å². The molecule has 4 atom stereocenters. The number of carboxylic acids is 2. The van der Waals surface area contributed by atoms with E-state index < -0.39 is 35.0 Å². The zero-order valence-electron chi connectivity index (χ0n) is 19.7. The Labute approximate surface area is 208 Å². The van der Waals surface area contributed by atoms with E-state index >= 15 is 0 Å². The summed E-state index contributed by atoms with van der Waals surface area (Å²) in [5.41, 5.74) is -2.53. The number of aliphatic carboxylic acids is 2. The van der Waals surface area contributed by atoms with Crippen LogP contribution in [0.2, 0.25) is 0 Å². The number of rotatable bonds is 12. The fourth-order valence-electron chi connectivity index (χ4n) is 4.05. The van der Waals surface area contributed by atoms with Gasteiger partial charge >= 0.3 is 16.5 Å². The molecule has 188 valence electrons. The Kier molecular flexibility index (Phi) is 15.2. The first-order valence-corrected chi connectivity index (χ1v) is 11.8. The number of carboxylic acid groups (broad SMARTS) is 2. The van der Waals surface area contributed by atoms with Crippen LogP contribution in [0, 0.1) is 11.8 Å². The summed E-state index contributed by atoms with van der Waals surface area (Å²) in [6.07, 6.45) is 22.0. The number of aliphatic hydroxyl groups is 2. The Balaban J connectivity index is 0.000000602. The molecule has 2 aliphatic carbocycles. The summed E-state index contributed by atoms with van der Waals surface area (Å²) in [5.74, 6) is -4.25. The summed E-state index contributed by atoms with van der Waals surface area (Å²) in [4.78, 5) is 21.8. The van der Waals surface area contributed by atoms with Crippen molar-refractivity contribution in [2.75, 3.05) is 0 Å². The first-order valence-electron chi connectivity index (χ1n) is 11.8. The normalized spacial score (nSPS) is 27.4. The Morgan fingerprint density at radius 2 is 1.06 bits per heavy atom. The molecular formula is C26H38NiO6. The molecule has 0 aromatic carbocycles. The summed E-state index contributed by atoms with van der Waals surface area (Å²) < 4.78 is 0. The fourth-order valence-corrected chi connectivity index (χ4v) is 4.05. The van der Waals surface area contributed by atoms with Crippen molar-refractivity contribution >= 4 is 11.9 Å². The second-order valence-corrected chi connectivity index (χ2v) is 8.69. The largest absolute Gasteiger partial charge is 2.00 e. The second-order valence-electron chi connectivity index (χ2n) is 8.69. The maximum absolute atomic E-state index is 10.9. The molecule has 0 saturated heterocycles. The predicted molar refractivity (Wildman–Crippen MR) is 121 cm³/mol. The Hall–Kier alpha value is -1.69. The molecule has 0 amide bonds. The quantitative estimate of drug-likeness (QED) is 0.311. The first kappa shape index (κ1) is 31.3. The third-order valence-electron chi connectivity index (χ3n) is 6.05. The number of carbonyl (C=O) groups is 2. The van der Waals surface area contributed by atoms with E-state index in [-0.39, 0.29) is 16.5 Å². The van der Waals surface area contributed by atoms with Gasteiger partial charge in [-0.15, -0.1) is 0 Å². The van der Waals surface area contributed by atoms with Gasteiger partial charge in [0.2, 0.25) is 0 Å². The molecule has 0 spiro atoms. The van der Waals surface area contributed by atoms with Crippen molar-refractivity contribution in [3.8, 4) is 0 Å². The van der Waals surface area contributed by atoms with Crippen LogP contribution in [0.25, 0.3) is 0 Å². The van der Waals surface area contributed by atoms with Crippen LogP contribution in [-0.2, 0) is 26.1 Å². The van der Waals surface area contributed by atoms with Gasteiger partial charge in [0.05, 0.1) is 23.1 Å². The molecule has 2 N–H and O–H groups in total. The topological polar surface area (TPSA) is 121 Å². The summed E-state index contributed by atoms with van der Waals surface area (Å²) in [6, 6.07) is 0. The molecule has 0 aromatic heterocycles. The summed E-state index contributed by atoms with van der Waals surface area (Å²) in [5, 5.41) is 42.3. The third-order valence-corrected chi connectivity index (χ3v) is 6.05. The van der Waals surface area contributed by atoms with E-state index in [1.54, 1.807) is 36.5 Å². The molecule has 33 heavy (non-hydrogen) atoms. The number of hydrogen-bond acceptors (Lipinski definition) is 6. The Morgan fingerprint density at radius 1 is 0.697 bits per heavy atom. The minimum Gasteiger partial charge on any atom is -0.549 e. The van der Waals surface area contributed by atoms with Crippen molar-refractivity contribution in [2.45, 2.75) is 89.3 Å². The van der Waals surface area contributed by atoms with Crippen molar-refractivity contribution in [1.82, 2.24) is 0 Å². The van der Waals surface area contributed by atoms with Gasteiger partial charge in [-0.05, 0) is 12.8 Å². The first-order chi connectivity index (χ1) is 15.2. The van der Waals surface area contributed by atoms with Crippen LogP contribution in [0.5, 0.6) is 0 Å². The minimum absolute atomic E-state index is 0. The van der Waals surface area contributed by atoms with Crippen molar-refractivity contribution < 1.29 is 46.5 Å². The molecule has 0 radical (unpaired) electrons. The summed E-state index contributed by atoms with van der Waals surface area (Å²) in [7, 11) is 0. The molecule has 2 rings (SSSR count). The van der Waals surface area contributed by atoms with Gasteiger partial charge in [0.25, 0.3) is 0 Å². The van der Waals surface area contributed by atoms with Crippen molar-refractivity contribution in [1.29, 1.82) is 0 Å². The van der Waals surface area contributed by atoms with Crippen LogP contribution in [0.3, 0.4) is 0 Å². The van der Waals surface area contributed by atoms with Gasteiger partial charge in [-0.2, -0.15) is 0 Å². The summed E-state index contributed by atoms with van der Waals surface area (Å²) >= 11 is 0. The molecule has 0 fully saturated rings. The number of unbranched alkanes of at least 4 members (excludes halogenated alkanes) is 6. The van der Waals surface area contributed by atoms with Crippen LogP contribution in [0.15, 0.2) is 48.6 Å². The number of carbonyl (C=O) groups excluding carboxylic acids is 2. The van der Waals surface area contributed by atoms with E-state index in [2.05, 4.69) is 13.8 Å². The van der Waals surface area contributed by atoms with Gasteiger partial charge in [0.1, 0.15) is 0 Å². The van der Waals surface area contributed by atoms with E-state index in [1.165, 1.54) is 12.2 Å². The average Bonchev–Trinajstić information content (AvgIpc) is 2.75. The average molecular weight is 505 g/mol. The molecule has 0 bridgehead atoms. The number of hydrogen-bond donors (Lipinski definition) is 2. The smallest absolute Gasteiger partial charge is 0.549 e. The molecule has 7 heteroatoms. The molecule has 2 aliphatic rings. The maximum atomic E-state index is 10.9. The van der Waals surface area contributed by atoms with Crippen molar-refractivity contribution in [2.24, 2.45) is 11.8 Å². The van der Waals surface area contributed by atoms with Gasteiger partial charge in [-0.3, -0.25) is 0 Å². The number of allylic oxidation sites excluding steroid dienone is 4. The van der Waals surface area contributed by atoms with Crippen LogP contribution in [0.4, 0.5) is 0 Å². The van der Waals surface area contributed by atoms with Gasteiger partial charge in [0, 0.05) is 11.8 Å². The van der Waals surface area contributed by atoms with Crippen LogP contribution < -0.4 is 10.2 Å². The SMILES string of the molecule is CCCCCCC1(O)C=CC=CC1C(=O)[O-].CCCCCCC1(O)C=CC=CC1C(=O)[O-].[Ni+2]. The standard InChI is InChI=1S/2C13H20O3.Ni/c2*1-2-3-4-6-9-13(16)10-7-5-8-11(13)12(14)15;/h2*5,7-8,10-11,16H,2-4,6,9H2,1H3,(H,14,15);/q;;+2/p-2. The van der Waals surface area contributed by atoms with E-state index in [0.29, 0.717) is 12.8 Å². The van der Waals surface area contributed by atoms with Crippen LogP contribution in [-0.4, -0.2) is 33.4 Å². The van der Waals surface area contributed by atoms with E-state index in [9.17, 15) is 30.0 Å². The zero-order chi connectivity index (χ0) is 24.0. The fraction of sp³-hybridized carbons (Fsp3) is 0.615. The molecule has 4 unspecified atom stereocenters. The predicted octanol–water partition coefficient (Wildman–Crippen LogP) is 2.36. The molecule has 0 aliphatic heterocycles. The van der Waals surface area contributed by atoms with Gasteiger partial charge < -0.3 is 30.0 Å². The third kappa shape index (κ3) is 10.4. The second kappa shape index (κ2) is 16.0. The minimum atomic E-state index is -1.26. The zero-order valence-corrected chi connectivity index (χ0v) is 20.7. The van der Waals surface area contributed by atoms with Gasteiger partial charge in [-0.25, -0.2) is 0 Å². The molecular weight excluding hydrogens is 467 g/mol.